The number of rotatable bonds is 11. The first-order valence-electron chi connectivity index (χ1n) is 19.1. The van der Waals surface area contributed by atoms with E-state index in [1.807, 2.05) is 43.7 Å². The number of carbonyl (C=O) groups is 3. The van der Waals surface area contributed by atoms with Crippen LogP contribution >= 0.6 is 11.3 Å². The van der Waals surface area contributed by atoms with Crippen molar-refractivity contribution >= 4 is 29.2 Å². The van der Waals surface area contributed by atoms with Gasteiger partial charge in [0.25, 0.3) is 0 Å². The topological polar surface area (TPSA) is 158 Å². The lowest BCUT2D eigenvalue weighted by atomic mass is 9.99. The van der Waals surface area contributed by atoms with Crippen molar-refractivity contribution in [3.05, 3.63) is 70.7 Å². The fourth-order valence-electron chi connectivity index (χ4n) is 8.16. The average Bonchev–Trinajstić information content (AvgIpc) is 4.00. The van der Waals surface area contributed by atoms with Gasteiger partial charge in [-0.1, -0.05) is 45.9 Å². The van der Waals surface area contributed by atoms with E-state index in [1.165, 1.54) is 28.7 Å². The lowest BCUT2D eigenvalue weighted by Crippen LogP contribution is -2.51. The lowest BCUT2D eigenvalue weighted by molar-refractivity contribution is -0.140. The van der Waals surface area contributed by atoms with Crippen molar-refractivity contribution in [2.75, 3.05) is 27.3 Å². The zero-order chi connectivity index (χ0) is 38.1. The number of hydrogen-bond acceptors (Lipinski definition) is 9. The molecule has 288 valence electrons. The highest BCUT2D eigenvalue weighted by Crippen LogP contribution is 2.39. The van der Waals surface area contributed by atoms with Gasteiger partial charge in [0.1, 0.15) is 23.7 Å². The lowest BCUT2D eigenvalue weighted by Gasteiger charge is -2.30. The van der Waals surface area contributed by atoms with E-state index in [4.69, 9.17) is 19.5 Å². The van der Waals surface area contributed by atoms with Gasteiger partial charge in [-0.2, -0.15) is 5.48 Å². The van der Waals surface area contributed by atoms with Crippen molar-refractivity contribution in [2.24, 2.45) is 11.8 Å². The molecule has 3 aliphatic rings. The molecule has 7 rings (SSSR count). The van der Waals surface area contributed by atoms with Crippen LogP contribution in [0.15, 0.2) is 36.5 Å². The number of thiophene rings is 1. The number of nitrogens with one attached hydrogen (secondary N) is 4. The average molecular weight is 757 g/mol. The van der Waals surface area contributed by atoms with Gasteiger partial charge >= 0.3 is 6.09 Å². The molecule has 3 amide bonds. The number of aryl methyl sites for hydroxylation is 2. The molecule has 4 atom stereocenters. The molecule has 4 N–H and O–H groups in total. The third-order valence-electron chi connectivity index (χ3n) is 11.1. The molecule has 0 radical (unpaired) electrons. The summed E-state index contributed by atoms with van der Waals surface area (Å²) in [7, 11) is 2.85. The van der Waals surface area contributed by atoms with Gasteiger partial charge in [0, 0.05) is 30.1 Å². The molecule has 0 spiro atoms. The van der Waals surface area contributed by atoms with E-state index in [2.05, 4.69) is 51.1 Å². The highest BCUT2D eigenvalue weighted by molar-refractivity contribution is 7.18. The Bertz CT molecular complexity index is 1980. The summed E-state index contributed by atoms with van der Waals surface area (Å²) in [6, 6.07) is 9.73. The maximum absolute atomic E-state index is 13.6. The molecule has 54 heavy (non-hydrogen) atoms. The Balaban J connectivity index is 1.03. The predicted octanol–water partition coefficient (Wildman–Crippen LogP) is 6.10. The summed E-state index contributed by atoms with van der Waals surface area (Å²) in [5.41, 5.74) is 9.85. The Labute approximate surface area is 320 Å². The number of aromatic amines is 2. The van der Waals surface area contributed by atoms with Gasteiger partial charge in [-0.25, -0.2) is 14.8 Å². The SMILES string of the molecule is CON[C@H](C(=O)N1CCC[C@H]1c1nc2c([nH]1)Cc1ccc(-c3ccc(-c4cnc([C@@H]5CCCN5C(=O)[C@@H](NC(=O)OC)C(C)C)[nH]4)s3)cc1CC2)C(C)C. The van der Waals surface area contributed by atoms with E-state index in [0.717, 1.165) is 85.1 Å². The zero-order valence-electron chi connectivity index (χ0n) is 32.0. The zero-order valence-corrected chi connectivity index (χ0v) is 32.8. The number of amides is 3. The monoisotopic (exact) mass is 756 g/mol. The number of aromatic nitrogens is 4. The number of ether oxygens (including phenoxy) is 1. The van der Waals surface area contributed by atoms with Gasteiger partial charge in [-0.15, -0.1) is 11.3 Å². The summed E-state index contributed by atoms with van der Waals surface area (Å²) in [6.07, 6.45) is 7.27. The molecule has 13 nitrogen and oxygen atoms in total. The molecule has 1 aromatic carbocycles. The number of carbonyl (C=O) groups excluding carboxylic acids is 3. The van der Waals surface area contributed by atoms with Crippen molar-refractivity contribution in [2.45, 2.75) is 96.8 Å². The van der Waals surface area contributed by atoms with Crippen LogP contribution in [0.4, 0.5) is 4.79 Å². The number of imidazole rings is 2. The number of alkyl carbamates (subject to hydrolysis) is 1. The van der Waals surface area contributed by atoms with Crippen molar-refractivity contribution in [3.63, 3.8) is 0 Å². The Kier molecular flexibility index (Phi) is 11.2. The quantitative estimate of drug-likeness (QED) is 0.134. The van der Waals surface area contributed by atoms with Crippen LogP contribution in [0.3, 0.4) is 0 Å². The fraction of sp³-hybridized carbons (Fsp3) is 0.525. The molecule has 14 heteroatoms. The largest absolute Gasteiger partial charge is 0.453 e. The summed E-state index contributed by atoms with van der Waals surface area (Å²) < 4.78 is 4.77. The minimum Gasteiger partial charge on any atom is -0.453 e. The van der Waals surface area contributed by atoms with Crippen LogP contribution in [0.5, 0.6) is 0 Å². The normalized spacial score (nSPS) is 19.5. The summed E-state index contributed by atoms with van der Waals surface area (Å²) in [4.78, 5) is 67.3. The van der Waals surface area contributed by atoms with Gasteiger partial charge in [-0.3, -0.25) is 9.59 Å². The summed E-state index contributed by atoms with van der Waals surface area (Å²) >= 11 is 1.71. The van der Waals surface area contributed by atoms with Crippen LogP contribution in [0.1, 0.15) is 99.6 Å². The molecular weight excluding hydrogens is 705 g/mol. The number of H-pyrrole nitrogens is 2. The number of hydrogen-bond donors (Lipinski definition) is 4. The van der Waals surface area contributed by atoms with Gasteiger partial charge in [0.2, 0.25) is 11.8 Å². The molecular formula is C40H52N8O5S. The van der Waals surface area contributed by atoms with Crippen molar-refractivity contribution in [3.8, 4) is 21.0 Å². The molecule has 0 unspecified atom stereocenters. The van der Waals surface area contributed by atoms with Crippen LogP contribution in [0, 0.1) is 11.8 Å². The van der Waals surface area contributed by atoms with Gasteiger partial charge < -0.3 is 34.7 Å². The first-order valence-corrected chi connectivity index (χ1v) is 20.0. The number of fused-ring (bicyclic) bond motifs is 2. The first-order chi connectivity index (χ1) is 26.1. The third-order valence-corrected chi connectivity index (χ3v) is 12.3. The Morgan fingerprint density at radius 3 is 2.22 bits per heavy atom. The number of benzene rings is 1. The second-order valence-corrected chi connectivity index (χ2v) is 16.4. The predicted molar refractivity (Wildman–Crippen MR) is 206 cm³/mol. The van der Waals surface area contributed by atoms with Crippen LogP contribution in [-0.4, -0.2) is 87.0 Å². The van der Waals surface area contributed by atoms with E-state index in [1.54, 1.807) is 18.4 Å². The van der Waals surface area contributed by atoms with Crippen LogP contribution in [0.2, 0.25) is 0 Å². The van der Waals surface area contributed by atoms with Crippen LogP contribution in [-0.2, 0) is 38.4 Å². The Hall–Kier alpha value is -4.53. The molecule has 2 saturated heterocycles. The number of likely N-dealkylation sites (tertiary alicyclic amines) is 2. The van der Waals surface area contributed by atoms with E-state index in [-0.39, 0.29) is 35.7 Å². The van der Waals surface area contributed by atoms with Crippen molar-refractivity contribution in [1.82, 2.24) is 40.5 Å². The molecule has 5 heterocycles. The van der Waals surface area contributed by atoms with E-state index >= 15 is 0 Å². The van der Waals surface area contributed by atoms with Gasteiger partial charge in [0.15, 0.2) is 0 Å². The van der Waals surface area contributed by atoms with Crippen LogP contribution < -0.4 is 10.8 Å². The fourth-order valence-corrected chi connectivity index (χ4v) is 9.13. The number of methoxy groups -OCH3 is 1. The molecule has 0 bridgehead atoms. The second-order valence-electron chi connectivity index (χ2n) is 15.3. The Morgan fingerprint density at radius 1 is 0.852 bits per heavy atom. The number of nitrogens with zero attached hydrogens (tertiary/aromatic N) is 4. The highest BCUT2D eigenvalue weighted by Gasteiger charge is 2.39. The standard InChI is InChI=1S/C40H52N8O5S/c1-22(2)34(45-40(51)52-5)38(49)47-17-7-9-30(47)36-41-21-29(44-36)33-16-15-32(54-33)26-12-11-25-20-28-27(14-13-24(25)19-26)42-37(43-28)31-10-8-18-48(31)39(50)35(23(3)4)46-53-6/h11-12,15-16,19,21-23,30-31,34-35,46H,7-10,13-14,17-18,20H2,1-6H3,(H,41,44)(H,42,43)(H,45,51)/t30-,31-,34-,35-/m0/s1. The van der Waals surface area contributed by atoms with Gasteiger partial charge in [0.05, 0.1) is 48.8 Å². The Morgan fingerprint density at radius 2 is 1.54 bits per heavy atom. The molecule has 1 aliphatic carbocycles. The van der Waals surface area contributed by atoms with Crippen LogP contribution in [0.25, 0.3) is 21.0 Å². The van der Waals surface area contributed by atoms with Gasteiger partial charge in [-0.05, 0) is 79.2 Å². The minimum atomic E-state index is -0.673. The van der Waals surface area contributed by atoms with E-state index in [0.29, 0.717) is 6.54 Å². The summed E-state index contributed by atoms with van der Waals surface area (Å²) in [5, 5.41) is 2.71. The van der Waals surface area contributed by atoms with Crippen molar-refractivity contribution in [1.29, 1.82) is 0 Å². The smallest absolute Gasteiger partial charge is 0.407 e. The second kappa shape index (κ2) is 16.1. The highest BCUT2D eigenvalue weighted by atomic mass is 32.1. The number of hydroxylamine groups is 1. The maximum atomic E-state index is 13.6. The molecule has 4 aromatic rings. The minimum absolute atomic E-state index is 0.0575. The summed E-state index contributed by atoms with van der Waals surface area (Å²) in [6.45, 7) is 9.21. The first kappa shape index (κ1) is 37.8. The molecule has 2 aliphatic heterocycles. The maximum Gasteiger partial charge on any atom is 0.407 e. The van der Waals surface area contributed by atoms with Crippen molar-refractivity contribution < 1.29 is 24.0 Å². The molecule has 2 fully saturated rings. The third kappa shape index (κ3) is 7.56. The molecule has 0 saturated carbocycles. The van der Waals surface area contributed by atoms with E-state index in [9.17, 15) is 14.4 Å². The van der Waals surface area contributed by atoms with E-state index < -0.39 is 18.2 Å². The summed E-state index contributed by atoms with van der Waals surface area (Å²) in [5.74, 6) is 1.59. The molecule has 3 aromatic heterocycles.